The van der Waals surface area contributed by atoms with Gasteiger partial charge < -0.3 is 8.98 Å². The number of nitrogens with zero attached hydrogens (tertiary/aromatic N) is 5. The van der Waals surface area contributed by atoms with Crippen molar-refractivity contribution in [3.05, 3.63) is 200 Å². The van der Waals surface area contributed by atoms with Crippen LogP contribution >= 0.6 is 0 Å². The Hall–Kier alpha value is -8.35. The third kappa shape index (κ3) is 5.19. The molecule has 0 atom stereocenters. The molecule has 6 nitrogen and oxygen atoms in total. The Kier molecular flexibility index (Phi) is 7.21. The van der Waals surface area contributed by atoms with Gasteiger partial charge in [0.1, 0.15) is 11.2 Å². The van der Waals surface area contributed by atoms with Crippen LogP contribution < -0.4 is 0 Å². The summed E-state index contributed by atoms with van der Waals surface area (Å²) in [6, 6.07) is 70.3. The summed E-state index contributed by atoms with van der Waals surface area (Å²) in [5.74, 6) is 1.68. The van der Waals surface area contributed by atoms with Gasteiger partial charge in [-0.25, -0.2) is 4.98 Å². The van der Waals surface area contributed by atoms with E-state index in [-0.39, 0.29) is 0 Å². The van der Waals surface area contributed by atoms with Gasteiger partial charge in [0.2, 0.25) is 5.95 Å². The Morgan fingerprint density at radius 2 is 0.902 bits per heavy atom. The van der Waals surface area contributed by atoms with Crippen molar-refractivity contribution in [3.8, 4) is 45.5 Å². The minimum Gasteiger partial charge on any atom is -0.456 e. The summed E-state index contributed by atoms with van der Waals surface area (Å²) in [6.45, 7) is 0. The fourth-order valence-corrected chi connectivity index (χ4v) is 9.36. The van der Waals surface area contributed by atoms with Gasteiger partial charge >= 0.3 is 0 Å². The molecule has 0 saturated heterocycles. The van der Waals surface area contributed by atoms with Crippen LogP contribution in [0.2, 0.25) is 0 Å². The van der Waals surface area contributed by atoms with E-state index in [2.05, 4.69) is 191 Å². The van der Waals surface area contributed by atoms with Gasteiger partial charge in [-0.15, -0.1) is 0 Å². The summed E-state index contributed by atoms with van der Waals surface area (Å²) in [6.07, 6.45) is 0. The van der Waals surface area contributed by atoms with Gasteiger partial charge in [0.15, 0.2) is 11.6 Å². The Labute approximate surface area is 349 Å². The van der Waals surface area contributed by atoms with E-state index in [1.54, 1.807) is 0 Å². The van der Waals surface area contributed by atoms with Crippen LogP contribution in [-0.2, 0) is 0 Å². The first-order chi connectivity index (χ1) is 30.2. The van der Waals surface area contributed by atoms with Crippen molar-refractivity contribution in [1.29, 1.82) is 0 Å². The van der Waals surface area contributed by atoms with Gasteiger partial charge in [0, 0.05) is 49.5 Å². The molecule has 9 aromatic carbocycles. The highest BCUT2D eigenvalue weighted by Gasteiger charge is 2.24. The lowest BCUT2D eigenvalue weighted by Crippen LogP contribution is -2.08. The first-order valence-corrected chi connectivity index (χ1v) is 20.5. The van der Waals surface area contributed by atoms with Gasteiger partial charge in [-0.2, -0.15) is 9.97 Å². The fourth-order valence-electron chi connectivity index (χ4n) is 9.36. The van der Waals surface area contributed by atoms with Gasteiger partial charge in [0.25, 0.3) is 0 Å². The summed E-state index contributed by atoms with van der Waals surface area (Å²) in [5, 5.41) is 9.00. The molecule has 61 heavy (non-hydrogen) atoms. The van der Waals surface area contributed by atoms with Crippen molar-refractivity contribution in [2.75, 3.05) is 0 Å². The lowest BCUT2D eigenvalue weighted by molar-refractivity contribution is 0.668. The van der Waals surface area contributed by atoms with Crippen LogP contribution in [0.15, 0.2) is 205 Å². The number of aromatic nitrogens is 5. The molecular weight excluding hydrogens is 747 g/mol. The minimum absolute atomic E-state index is 0.541. The van der Waals surface area contributed by atoms with E-state index in [9.17, 15) is 0 Å². The normalized spacial score (nSPS) is 11.9. The number of rotatable bonds is 5. The average molecular weight is 780 g/mol. The first kappa shape index (κ1) is 33.6. The Morgan fingerprint density at radius 3 is 1.66 bits per heavy atom. The van der Waals surface area contributed by atoms with Crippen molar-refractivity contribution in [2.45, 2.75) is 0 Å². The predicted molar refractivity (Wildman–Crippen MR) is 250 cm³/mol. The second-order valence-corrected chi connectivity index (χ2v) is 15.6. The van der Waals surface area contributed by atoms with Crippen molar-refractivity contribution < 1.29 is 4.42 Å². The molecule has 0 aliphatic carbocycles. The van der Waals surface area contributed by atoms with Crippen molar-refractivity contribution in [1.82, 2.24) is 24.1 Å². The second-order valence-electron chi connectivity index (χ2n) is 15.6. The van der Waals surface area contributed by atoms with Crippen LogP contribution in [0, 0.1) is 0 Å². The summed E-state index contributed by atoms with van der Waals surface area (Å²) < 4.78 is 11.2. The average Bonchev–Trinajstić information content (AvgIpc) is 3.97. The molecule has 4 aromatic heterocycles. The number of para-hydroxylation sites is 4. The first-order valence-electron chi connectivity index (χ1n) is 20.5. The maximum absolute atomic E-state index is 6.63. The maximum Gasteiger partial charge on any atom is 0.238 e. The van der Waals surface area contributed by atoms with Crippen LogP contribution in [0.4, 0.5) is 0 Å². The van der Waals surface area contributed by atoms with Gasteiger partial charge in [0.05, 0.1) is 27.8 Å². The van der Waals surface area contributed by atoms with Crippen LogP contribution in [0.5, 0.6) is 0 Å². The molecule has 0 saturated carbocycles. The van der Waals surface area contributed by atoms with E-state index in [1.807, 2.05) is 18.2 Å². The summed E-state index contributed by atoms with van der Waals surface area (Å²) in [4.78, 5) is 16.3. The number of fused-ring (bicyclic) bond motifs is 10. The van der Waals surface area contributed by atoms with Crippen molar-refractivity contribution >= 4 is 76.3 Å². The van der Waals surface area contributed by atoms with Crippen LogP contribution in [0.1, 0.15) is 0 Å². The Morgan fingerprint density at radius 1 is 0.328 bits per heavy atom. The van der Waals surface area contributed by atoms with Crippen molar-refractivity contribution in [3.63, 3.8) is 0 Å². The van der Waals surface area contributed by atoms with E-state index in [0.29, 0.717) is 17.6 Å². The molecule has 0 aliphatic heterocycles. The smallest absolute Gasteiger partial charge is 0.238 e. The van der Waals surface area contributed by atoms with Gasteiger partial charge in [-0.05, 0) is 70.4 Å². The van der Waals surface area contributed by atoms with Crippen LogP contribution in [0.3, 0.4) is 0 Å². The summed E-state index contributed by atoms with van der Waals surface area (Å²) in [5.41, 5.74) is 10.7. The summed E-state index contributed by atoms with van der Waals surface area (Å²) in [7, 11) is 0. The fraction of sp³-hybridized carbons (Fsp3) is 0. The number of benzene rings is 9. The van der Waals surface area contributed by atoms with Crippen molar-refractivity contribution in [2.24, 2.45) is 0 Å². The molecule has 13 aromatic rings. The van der Waals surface area contributed by atoms with Crippen LogP contribution in [0.25, 0.3) is 122 Å². The molecule has 0 aliphatic rings. The van der Waals surface area contributed by atoms with E-state index in [0.717, 1.165) is 82.7 Å². The maximum atomic E-state index is 6.63. The van der Waals surface area contributed by atoms with Crippen LogP contribution in [-0.4, -0.2) is 24.1 Å². The molecule has 0 unspecified atom stereocenters. The molecule has 0 bridgehead atoms. The zero-order valence-corrected chi connectivity index (χ0v) is 32.7. The molecule has 284 valence electrons. The molecule has 6 heteroatoms. The third-order valence-electron chi connectivity index (χ3n) is 12.1. The van der Waals surface area contributed by atoms with E-state index in [4.69, 9.17) is 19.4 Å². The largest absolute Gasteiger partial charge is 0.456 e. The second kappa shape index (κ2) is 13.1. The molecule has 13 rings (SSSR count). The SMILES string of the molecule is c1ccc(-c2cccc(-c3nc(-c4cc5c(cc4-n4c6ccccc6c6cc7ccccc7cc64)oc4ccccc45)nc(-n4c5ccccc5c5ccccc54)n3)c2)cc1. The number of hydrogen-bond donors (Lipinski definition) is 0. The van der Waals surface area contributed by atoms with Gasteiger partial charge in [-0.1, -0.05) is 146 Å². The monoisotopic (exact) mass is 779 g/mol. The lowest BCUT2D eigenvalue weighted by Gasteiger charge is -2.16. The molecule has 4 heterocycles. The topological polar surface area (TPSA) is 61.7 Å². The quantitative estimate of drug-likeness (QED) is 0.175. The van der Waals surface area contributed by atoms with E-state index >= 15 is 0 Å². The minimum atomic E-state index is 0.541. The van der Waals surface area contributed by atoms with Gasteiger partial charge in [-0.3, -0.25) is 4.57 Å². The Balaban J connectivity index is 1.16. The number of furan rings is 1. The zero-order valence-electron chi connectivity index (χ0n) is 32.7. The molecule has 0 radical (unpaired) electrons. The lowest BCUT2D eigenvalue weighted by atomic mass is 10.0. The highest BCUT2D eigenvalue weighted by atomic mass is 16.3. The highest BCUT2D eigenvalue weighted by Crippen LogP contribution is 2.42. The van der Waals surface area contributed by atoms with E-state index in [1.165, 1.54) is 21.5 Å². The third-order valence-corrected chi connectivity index (χ3v) is 12.1. The molecule has 0 fully saturated rings. The Bertz CT molecular complexity index is 3840. The summed E-state index contributed by atoms with van der Waals surface area (Å²) >= 11 is 0. The predicted octanol–water partition coefficient (Wildman–Crippen LogP) is 14.1. The molecule has 0 spiro atoms. The zero-order chi connectivity index (χ0) is 40.0. The molecule has 0 amide bonds. The molecule has 0 N–H and O–H groups in total. The highest BCUT2D eigenvalue weighted by molar-refractivity contribution is 6.15. The molecular formula is C55H33N5O. The number of hydrogen-bond acceptors (Lipinski definition) is 4. The van der Waals surface area contributed by atoms with E-state index < -0.39 is 0 Å². The standard InChI is InChI=1S/C55H33N5O/c1-2-15-34(16-3-1)35-19-14-20-38(29-35)53-56-54(58-55(57-53)60-47-26-11-6-21-39(47)40-22-7-12-27-48(40)60)45-32-44-42-24-9-13-28-51(42)61-52(44)33-50(45)59-46-25-10-8-23-41(46)43-30-36-17-4-5-18-37(36)31-49(43)59/h1-33H.